The Balaban J connectivity index is 0.00000784. The molecule has 0 fully saturated rings. The van der Waals surface area contributed by atoms with Crippen molar-refractivity contribution in [3.63, 3.8) is 0 Å². The lowest BCUT2D eigenvalue weighted by Crippen LogP contribution is -2.47. The number of benzene rings is 1. The van der Waals surface area contributed by atoms with Gasteiger partial charge in [0.15, 0.2) is 0 Å². The highest BCUT2D eigenvalue weighted by molar-refractivity contribution is 5.89. The van der Waals surface area contributed by atoms with Crippen LogP contribution in [-0.2, 0) is 9.59 Å². The van der Waals surface area contributed by atoms with Gasteiger partial charge in [-0.15, -0.1) is 12.4 Å². The number of hydrogen-bond donors (Lipinski definition) is 4. The second kappa shape index (κ2) is 13.0. The van der Waals surface area contributed by atoms with Crippen molar-refractivity contribution in [1.82, 2.24) is 15.5 Å². The molecule has 4 amide bonds. The molecule has 0 heterocycles. The third-order valence-electron chi connectivity index (χ3n) is 4.53. The zero-order valence-electron chi connectivity index (χ0n) is 17.8. The predicted molar refractivity (Wildman–Crippen MR) is 118 cm³/mol. The SMILES string of the molecule is CCN(CC)C(=O)Nc1ccc(C(C)NC(=O)CNC(=O)[C@@H](N)C(C)C)cc1.Cl. The van der Waals surface area contributed by atoms with Crippen LogP contribution in [0.1, 0.15) is 46.2 Å². The normalized spacial score (nSPS) is 12.4. The highest BCUT2D eigenvalue weighted by Gasteiger charge is 2.18. The number of carbonyl (C=O) groups is 3. The summed E-state index contributed by atoms with van der Waals surface area (Å²) in [6.45, 7) is 10.6. The molecule has 0 aliphatic heterocycles. The number of amides is 4. The van der Waals surface area contributed by atoms with E-state index in [1.807, 2.05) is 46.8 Å². The number of anilines is 1. The number of halogens is 1. The van der Waals surface area contributed by atoms with Gasteiger partial charge in [-0.1, -0.05) is 26.0 Å². The van der Waals surface area contributed by atoms with Crippen molar-refractivity contribution in [2.45, 2.75) is 46.7 Å². The minimum atomic E-state index is -0.635. The molecule has 1 unspecified atom stereocenters. The quantitative estimate of drug-likeness (QED) is 0.483. The molecule has 0 saturated carbocycles. The van der Waals surface area contributed by atoms with Gasteiger partial charge < -0.3 is 26.6 Å². The van der Waals surface area contributed by atoms with Crippen molar-refractivity contribution < 1.29 is 14.4 Å². The number of nitrogens with two attached hydrogens (primary N) is 1. The van der Waals surface area contributed by atoms with E-state index in [1.165, 1.54) is 0 Å². The Hall–Kier alpha value is -2.32. The van der Waals surface area contributed by atoms with Gasteiger partial charge in [0.25, 0.3) is 0 Å². The van der Waals surface area contributed by atoms with Crippen LogP contribution >= 0.6 is 12.4 Å². The van der Waals surface area contributed by atoms with E-state index in [-0.39, 0.29) is 48.8 Å². The van der Waals surface area contributed by atoms with E-state index in [4.69, 9.17) is 5.73 Å². The maximum atomic E-state index is 12.1. The van der Waals surface area contributed by atoms with Gasteiger partial charge in [0.05, 0.1) is 18.6 Å². The Bertz CT molecular complexity index is 663. The molecule has 0 aromatic heterocycles. The van der Waals surface area contributed by atoms with Crippen LogP contribution in [0.2, 0.25) is 0 Å². The number of rotatable bonds is 9. The molecular weight excluding hydrogens is 394 g/mol. The zero-order valence-corrected chi connectivity index (χ0v) is 18.6. The summed E-state index contributed by atoms with van der Waals surface area (Å²) in [7, 11) is 0. The number of hydrogen-bond acceptors (Lipinski definition) is 4. The van der Waals surface area contributed by atoms with Gasteiger partial charge in [0, 0.05) is 18.8 Å². The minimum Gasteiger partial charge on any atom is -0.348 e. The van der Waals surface area contributed by atoms with Crippen LogP contribution in [0.4, 0.5) is 10.5 Å². The maximum Gasteiger partial charge on any atom is 0.321 e. The van der Waals surface area contributed by atoms with Gasteiger partial charge in [-0.3, -0.25) is 9.59 Å². The first-order chi connectivity index (χ1) is 13.2. The smallest absolute Gasteiger partial charge is 0.321 e. The molecule has 29 heavy (non-hydrogen) atoms. The summed E-state index contributed by atoms with van der Waals surface area (Å²) >= 11 is 0. The van der Waals surface area contributed by atoms with E-state index in [2.05, 4.69) is 16.0 Å². The summed E-state index contributed by atoms with van der Waals surface area (Å²) in [4.78, 5) is 37.6. The van der Waals surface area contributed by atoms with Gasteiger partial charge in [-0.2, -0.15) is 0 Å². The molecule has 8 nitrogen and oxygen atoms in total. The summed E-state index contributed by atoms with van der Waals surface area (Å²) in [6, 6.07) is 6.26. The van der Waals surface area contributed by atoms with Crippen molar-refractivity contribution >= 4 is 35.9 Å². The van der Waals surface area contributed by atoms with E-state index in [0.717, 1.165) is 5.56 Å². The Morgan fingerprint density at radius 2 is 1.59 bits per heavy atom. The molecule has 9 heteroatoms. The molecule has 1 aromatic rings. The summed E-state index contributed by atoms with van der Waals surface area (Å²) < 4.78 is 0. The molecule has 0 saturated heterocycles. The largest absolute Gasteiger partial charge is 0.348 e. The van der Waals surface area contributed by atoms with Crippen LogP contribution in [0.5, 0.6) is 0 Å². The fraction of sp³-hybridized carbons (Fsp3) is 0.550. The molecule has 0 bridgehead atoms. The van der Waals surface area contributed by atoms with Crippen molar-refractivity contribution in [1.29, 1.82) is 0 Å². The first-order valence-electron chi connectivity index (χ1n) is 9.68. The molecule has 0 radical (unpaired) electrons. The average Bonchev–Trinajstić information content (AvgIpc) is 2.66. The molecule has 2 atom stereocenters. The minimum absolute atomic E-state index is 0. The molecule has 0 aliphatic carbocycles. The number of nitrogens with zero attached hydrogens (tertiary/aromatic N) is 1. The Morgan fingerprint density at radius 1 is 1.03 bits per heavy atom. The third-order valence-corrected chi connectivity index (χ3v) is 4.53. The summed E-state index contributed by atoms with van der Waals surface area (Å²) in [5, 5.41) is 8.21. The van der Waals surface area contributed by atoms with Gasteiger partial charge in [0.2, 0.25) is 11.8 Å². The van der Waals surface area contributed by atoms with E-state index in [1.54, 1.807) is 17.0 Å². The summed E-state index contributed by atoms with van der Waals surface area (Å²) in [5.41, 5.74) is 7.32. The lowest BCUT2D eigenvalue weighted by molar-refractivity contribution is -0.127. The Labute approximate surface area is 179 Å². The topological polar surface area (TPSA) is 117 Å². The fourth-order valence-corrected chi connectivity index (χ4v) is 2.53. The first-order valence-corrected chi connectivity index (χ1v) is 9.68. The van der Waals surface area contributed by atoms with Crippen molar-refractivity contribution in [3.8, 4) is 0 Å². The van der Waals surface area contributed by atoms with Crippen LogP contribution in [0.25, 0.3) is 0 Å². The van der Waals surface area contributed by atoms with Gasteiger partial charge in [-0.05, 0) is 44.4 Å². The molecule has 164 valence electrons. The average molecular weight is 428 g/mol. The van der Waals surface area contributed by atoms with Gasteiger partial charge in [-0.25, -0.2) is 4.79 Å². The zero-order chi connectivity index (χ0) is 21.3. The predicted octanol–water partition coefficient (Wildman–Crippen LogP) is 2.26. The van der Waals surface area contributed by atoms with Crippen LogP contribution in [0.3, 0.4) is 0 Å². The molecule has 0 spiro atoms. The monoisotopic (exact) mass is 427 g/mol. The highest BCUT2D eigenvalue weighted by atomic mass is 35.5. The third kappa shape index (κ3) is 8.70. The van der Waals surface area contributed by atoms with Gasteiger partial charge in [0.1, 0.15) is 0 Å². The van der Waals surface area contributed by atoms with Crippen LogP contribution < -0.4 is 21.7 Å². The van der Waals surface area contributed by atoms with Crippen LogP contribution in [0.15, 0.2) is 24.3 Å². The molecule has 0 aliphatic rings. The van der Waals surface area contributed by atoms with E-state index >= 15 is 0 Å². The van der Waals surface area contributed by atoms with Gasteiger partial charge >= 0.3 is 6.03 Å². The van der Waals surface area contributed by atoms with Crippen molar-refractivity contribution in [2.24, 2.45) is 11.7 Å². The van der Waals surface area contributed by atoms with Crippen LogP contribution in [0, 0.1) is 5.92 Å². The second-order valence-corrected chi connectivity index (χ2v) is 7.00. The molecule has 5 N–H and O–H groups in total. The molecule has 1 aromatic carbocycles. The summed E-state index contributed by atoms with van der Waals surface area (Å²) in [6.07, 6.45) is 0. The number of nitrogens with one attached hydrogen (secondary N) is 3. The number of carbonyl (C=O) groups excluding carboxylic acids is 3. The first kappa shape index (κ1) is 26.7. The second-order valence-electron chi connectivity index (χ2n) is 7.00. The standard InChI is InChI=1S/C20H33N5O3.ClH/c1-6-25(7-2)20(28)24-16-10-8-15(9-11-16)14(5)23-17(26)12-22-19(27)18(21)13(3)4;/h8-11,13-14,18H,6-7,12,21H2,1-5H3,(H,22,27)(H,23,26)(H,24,28);1H/t14?,18-;/m0./s1. The lowest BCUT2D eigenvalue weighted by Gasteiger charge is -2.20. The van der Waals surface area contributed by atoms with E-state index < -0.39 is 6.04 Å². The molecule has 1 rings (SSSR count). The highest BCUT2D eigenvalue weighted by Crippen LogP contribution is 2.16. The fourth-order valence-electron chi connectivity index (χ4n) is 2.53. The number of urea groups is 1. The van der Waals surface area contributed by atoms with Crippen molar-refractivity contribution in [3.05, 3.63) is 29.8 Å². The maximum absolute atomic E-state index is 12.1. The summed E-state index contributed by atoms with van der Waals surface area (Å²) in [5.74, 6) is -0.635. The Morgan fingerprint density at radius 3 is 2.07 bits per heavy atom. The molecular formula is C20H34ClN5O3. The Kier molecular flexibility index (Phi) is 12.0. The van der Waals surface area contributed by atoms with E-state index in [9.17, 15) is 14.4 Å². The van der Waals surface area contributed by atoms with Crippen LogP contribution in [-0.4, -0.2) is 48.4 Å². The van der Waals surface area contributed by atoms with E-state index in [0.29, 0.717) is 18.8 Å². The van der Waals surface area contributed by atoms with Crippen molar-refractivity contribution in [2.75, 3.05) is 25.0 Å². The lowest BCUT2D eigenvalue weighted by atomic mass is 10.1.